The number of halogens is 1. The lowest BCUT2D eigenvalue weighted by molar-refractivity contribution is 0.0940. The normalized spacial score (nSPS) is 16.2. The maximum Gasteiger partial charge on any atom is 0.176 e. The molecule has 19 heavy (non-hydrogen) atoms. The lowest BCUT2D eigenvalue weighted by atomic mass is 10.1. The minimum absolute atomic E-state index is 0.0246. The van der Waals surface area contributed by atoms with Gasteiger partial charge in [-0.25, -0.2) is 4.39 Å². The first-order valence-corrected chi connectivity index (χ1v) is 6.85. The molecule has 0 amide bonds. The molecule has 0 radical (unpaired) electrons. The summed E-state index contributed by atoms with van der Waals surface area (Å²) in [6, 6.07) is 5.90. The second kappa shape index (κ2) is 6.78. The number of hydrogen-bond donors (Lipinski definition) is 0. The van der Waals surface area contributed by atoms with Crippen molar-refractivity contribution in [3.8, 4) is 0 Å². The molecule has 4 heteroatoms. The maximum atomic E-state index is 13.0. The van der Waals surface area contributed by atoms with Gasteiger partial charge in [-0.3, -0.25) is 9.69 Å². The Morgan fingerprint density at radius 3 is 2.79 bits per heavy atom. The lowest BCUT2D eigenvalue weighted by Gasteiger charge is -2.20. The van der Waals surface area contributed by atoms with E-state index in [0.29, 0.717) is 12.1 Å². The first-order valence-electron chi connectivity index (χ1n) is 6.85. The number of carbonyl (C=O) groups is 1. The number of likely N-dealkylation sites (tertiary alicyclic amines) is 1. The molecule has 0 aromatic heterocycles. The van der Waals surface area contributed by atoms with Crippen LogP contribution in [0.5, 0.6) is 0 Å². The summed E-state index contributed by atoms with van der Waals surface area (Å²) in [7, 11) is 1.94. The van der Waals surface area contributed by atoms with Crippen molar-refractivity contribution in [2.45, 2.75) is 12.8 Å². The third-order valence-corrected chi connectivity index (χ3v) is 3.56. The van der Waals surface area contributed by atoms with Crippen LogP contribution in [-0.4, -0.2) is 55.4 Å². The molecule has 0 bridgehead atoms. The highest BCUT2D eigenvalue weighted by atomic mass is 19.1. The van der Waals surface area contributed by atoms with Gasteiger partial charge in [0.2, 0.25) is 0 Å². The van der Waals surface area contributed by atoms with Crippen LogP contribution in [0.4, 0.5) is 4.39 Å². The summed E-state index contributed by atoms with van der Waals surface area (Å²) in [6.45, 7) is 4.57. The van der Waals surface area contributed by atoms with Gasteiger partial charge in [0.05, 0.1) is 6.54 Å². The van der Waals surface area contributed by atoms with Crippen molar-refractivity contribution in [1.29, 1.82) is 0 Å². The van der Waals surface area contributed by atoms with Gasteiger partial charge >= 0.3 is 0 Å². The van der Waals surface area contributed by atoms with Crippen LogP contribution >= 0.6 is 0 Å². The van der Waals surface area contributed by atoms with Gasteiger partial charge in [-0.05, 0) is 45.1 Å². The van der Waals surface area contributed by atoms with Crippen LogP contribution in [0, 0.1) is 5.82 Å². The van der Waals surface area contributed by atoms with E-state index in [0.717, 1.165) is 13.1 Å². The Morgan fingerprint density at radius 1 is 1.37 bits per heavy atom. The number of hydrogen-bond acceptors (Lipinski definition) is 3. The molecule has 104 valence electrons. The van der Waals surface area contributed by atoms with E-state index >= 15 is 0 Å². The fourth-order valence-corrected chi connectivity index (χ4v) is 2.40. The van der Waals surface area contributed by atoms with Crippen molar-refractivity contribution in [2.75, 3.05) is 39.8 Å². The number of rotatable bonds is 6. The van der Waals surface area contributed by atoms with Crippen LogP contribution in [0.2, 0.25) is 0 Å². The van der Waals surface area contributed by atoms with Crippen LogP contribution in [-0.2, 0) is 0 Å². The Labute approximate surface area is 114 Å². The van der Waals surface area contributed by atoms with Crippen LogP contribution in [0.3, 0.4) is 0 Å². The van der Waals surface area contributed by atoms with E-state index in [1.165, 1.54) is 38.1 Å². The zero-order valence-corrected chi connectivity index (χ0v) is 11.4. The Morgan fingerprint density at radius 2 is 2.11 bits per heavy atom. The van der Waals surface area contributed by atoms with Crippen LogP contribution in [0.15, 0.2) is 24.3 Å². The van der Waals surface area contributed by atoms with Gasteiger partial charge in [-0.15, -0.1) is 0 Å². The largest absolute Gasteiger partial charge is 0.302 e. The zero-order chi connectivity index (χ0) is 13.7. The summed E-state index contributed by atoms with van der Waals surface area (Å²) < 4.78 is 13.0. The molecular formula is C15H21FN2O. The number of benzene rings is 1. The van der Waals surface area contributed by atoms with E-state index in [1.807, 2.05) is 11.9 Å². The van der Waals surface area contributed by atoms with Gasteiger partial charge in [0, 0.05) is 18.7 Å². The summed E-state index contributed by atoms with van der Waals surface area (Å²) in [6.07, 6.45) is 2.57. The third kappa shape index (κ3) is 4.40. The molecule has 0 spiro atoms. The predicted molar refractivity (Wildman–Crippen MR) is 73.9 cm³/mol. The smallest absolute Gasteiger partial charge is 0.176 e. The highest BCUT2D eigenvalue weighted by Crippen LogP contribution is 2.07. The molecule has 0 aliphatic carbocycles. The van der Waals surface area contributed by atoms with Crippen molar-refractivity contribution >= 4 is 5.78 Å². The third-order valence-electron chi connectivity index (χ3n) is 3.56. The van der Waals surface area contributed by atoms with E-state index in [-0.39, 0.29) is 11.6 Å². The van der Waals surface area contributed by atoms with Crippen molar-refractivity contribution in [3.05, 3.63) is 35.6 Å². The molecule has 3 nitrogen and oxygen atoms in total. The van der Waals surface area contributed by atoms with E-state index < -0.39 is 0 Å². The van der Waals surface area contributed by atoms with Gasteiger partial charge in [-0.2, -0.15) is 0 Å². The first kappa shape index (κ1) is 14.2. The number of Topliss-reactive ketones (excluding diaryl/α,β-unsaturated/α-hetero) is 1. The molecule has 0 N–H and O–H groups in total. The van der Waals surface area contributed by atoms with E-state index in [2.05, 4.69) is 4.90 Å². The second-order valence-electron chi connectivity index (χ2n) is 5.22. The van der Waals surface area contributed by atoms with Crippen LogP contribution < -0.4 is 0 Å². The van der Waals surface area contributed by atoms with Gasteiger partial charge in [-0.1, -0.05) is 12.1 Å². The van der Waals surface area contributed by atoms with Gasteiger partial charge in [0.15, 0.2) is 5.78 Å². The predicted octanol–water partition coefficient (Wildman–Crippen LogP) is 2.04. The average Bonchev–Trinajstić information content (AvgIpc) is 2.89. The zero-order valence-electron chi connectivity index (χ0n) is 11.4. The van der Waals surface area contributed by atoms with Crippen molar-refractivity contribution in [1.82, 2.24) is 9.80 Å². The SMILES string of the molecule is CN(CCN1CCCC1)CC(=O)c1cccc(F)c1. The van der Waals surface area contributed by atoms with E-state index in [9.17, 15) is 9.18 Å². The summed E-state index contributed by atoms with van der Waals surface area (Å²) in [4.78, 5) is 16.4. The second-order valence-corrected chi connectivity index (χ2v) is 5.22. The monoisotopic (exact) mass is 264 g/mol. The van der Waals surface area contributed by atoms with Gasteiger partial charge in [0.25, 0.3) is 0 Å². The number of likely N-dealkylation sites (N-methyl/N-ethyl adjacent to an activating group) is 1. The van der Waals surface area contributed by atoms with E-state index in [4.69, 9.17) is 0 Å². The highest BCUT2D eigenvalue weighted by Gasteiger charge is 2.14. The Balaban J connectivity index is 1.77. The topological polar surface area (TPSA) is 23.6 Å². The van der Waals surface area contributed by atoms with Crippen LogP contribution in [0.25, 0.3) is 0 Å². The molecule has 1 aromatic rings. The van der Waals surface area contributed by atoms with E-state index in [1.54, 1.807) is 12.1 Å². The van der Waals surface area contributed by atoms with Crippen molar-refractivity contribution in [2.24, 2.45) is 0 Å². The summed E-state index contributed by atoms with van der Waals surface area (Å²) >= 11 is 0. The van der Waals surface area contributed by atoms with Crippen molar-refractivity contribution in [3.63, 3.8) is 0 Å². The molecule has 1 aliphatic rings. The highest BCUT2D eigenvalue weighted by molar-refractivity contribution is 5.97. The lowest BCUT2D eigenvalue weighted by Crippen LogP contribution is -2.34. The summed E-state index contributed by atoms with van der Waals surface area (Å²) in [5.41, 5.74) is 0.452. The molecule has 1 fully saturated rings. The molecule has 1 aromatic carbocycles. The Kier molecular flexibility index (Phi) is 5.05. The Hall–Kier alpha value is -1.26. The quantitative estimate of drug-likeness (QED) is 0.735. The van der Waals surface area contributed by atoms with Crippen LogP contribution in [0.1, 0.15) is 23.2 Å². The molecule has 0 unspecified atom stereocenters. The first-order chi connectivity index (χ1) is 9.15. The molecule has 0 saturated carbocycles. The minimum atomic E-state index is -0.356. The molecule has 1 saturated heterocycles. The Bertz CT molecular complexity index is 430. The molecule has 1 heterocycles. The number of carbonyl (C=O) groups excluding carboxylic acids is 1. The summed E-state index contributed by atoms with van der Waals surface area (Å²) in [5, 5.41) is 0. The maximum absolute atomic E-state index is 13.0. The number of nitrogens with zero attached hydrogens (tertiary/aromatic N) is 2. The fraction of sp³-hybridized carbons (Fsp3) is 0.533. The molecular weight excluding hydrogens is 243 g/mol. The molecule has 2 rings (SSSR count). The number of ketones is 1. The fourth-order valence-electron chi connectivity index (χ4n) is 2.40. The molecule has 1 aliphatic heterocycles. The van der Waals surface area contributed by atoms with Gasteiger partial charge in [0.1, 0.15) is 5.82 Å². The van der Waals surface area contributed by atoms with Gasteiger partial charge < -0.3 is 4.90 Å². The summed E-state index contributed by atoms with van der Waals surface area (Å²) in [5.74, 6) is -0.381. The van der Waals surface area contributed by atoms with Crippen molar-refractivity contribution < 1.29 is 9.18 Å². The minimum Gasteiger partial charge on any atom is -0.302 e. The standard InChI is InChI=1S/C15H21FN2O/c1-17(9-10-18-7-2-3-8-18)12-15(19)13-5-4-6-14(16)11-13/h4-6,11H,2-3,7-10,12H2,1H3. The average molecular weight is 264 g/mol. The molecule has 0 atom stereocenters.